The van der Waals surface area contributed by atoms with Gasteiger partial charge >= 0.3 is 0 Å². The average molecular weight is 703 g/mol. The molecule has 0 radical (unpaired) electrons. The van der Waals surface area contributed by atoms with Gasteiger partial charge in [-0.05, 0) is 74.4 Å². The minimum absolute atomic E-state index is 0.219. The Balaban J connectivity index is 1.69. The van der Waals surface area contributed by atoms with Crippen LogP contribution in [0.3, 0.4) is 0 Å². The molecule has 0 amide bonds. The SMILES string of the molecule is CC1(C)C(/C=C/C(Cl)=C/C=C2/N(CCCS(=O)(=O)O)c3ccc(Cl)cc3C2(C)C)=[N+](CCCS(=O)(=O)O)c2ccc(Cl)cc21. The van der Waals surface area contributed by atoms with Crippen LogP contribution in [0.5, 0.6) is 0 Å². The fourth-order valence-electron chi connectivity index (χ4n) is 5.96. The highest BCUT2D eigenvalue weighted by Gasteiger charge is 2.44. The standard InChI is InChI=1S/C31H35Cl3N2O6S2/c1-30(2)24-19-22(33)7-11-26(24)35(15-5-17-43(37,38)39)28(30)13-9-21(32)10-14-29-31(3,4)25-20-23(34)8-12-27(25)36(29)16-6-18-44(40,41)42/h7-14,19-20H,5-6,15-18H2,1-4H3,(H-,37,38,39,40,41,42)/p+1. The molecule has 0 saturated carbocycles. The largest absolute Gasteiger partial charge is 0.344 e. The monoisotopic (exact) mass is 701 g/mol. The molecule has 2 heterocycles. The minimum Gasteiger partial charge on any atom is -0.344 e. The lowest BCUT2D eigenvalue weighted by Crippen LogP contribution is -2.28. The third-order valence-electron chi connectivity index (χ3n) is 8.08. The van der Waals surface area contributed by atoms with Crippen LogP contribution in [0.25, 0.3) is 0 Å². The molecule has 0 fully saturated rings. The van der Waals surface area contributed by atoms with Crippen molar-refractivity contribution in [3.63, 3.8) is 0 Å². The van der Waals surface area contributed by atoms with E-state index in [4.69, 9.17) is 34.8 Å². The first-order chi connectivity index (χ1) is 20.3. The lowest BCUT2D eigenvalue weighted by Gasteiger charge is -2.27. The van der Waals surface area contributed by atoms with E-state index in [2.05, 4.69) is 27.7 Å². The second kappa shape index (κ2) is 12.9. The van der Waals surface area contributed by atoms with Gasteiger partial charge in [0.1, 0.15) is 6.54 Å². The first-order valence-electron chi connectivity index (χ1n) is 14.0. The van der Waals surface area contributed by atoms with Crippen molar-refractivity contribution in [2.45, 2.75) is 51.4 Å². The maximum absolute atomic E-state index is 11.4. The van der Waals surface area contributed by atoms with Gasteiger partial charge in [-0.15, -0.1) is 0 Å². The number of nitrogens with zero attached hydrogens (tertiary/aromatic N) is 2. The third kappa shape index (κ3) is 7.78. The molecule has 0 aliphatic carbocycles. The number of allylic oxidation sites excluding steroid dienone is 6. The zero-order valence-corrected chi connectivity index (χ0v) is 28.8. The number of fused-ring (bicyclic) bond motifs is 2. The number of benzene rings is 2. The van der Waals surface area contributed by atoms with Crippen molar-refractivity contribution < 1.29 is 30.5 Å². The highest BCUT2D eigenvalue weighted by Crippen LogP contribution is 2.48. The normalized spacial score (nSPS) is 18.9. The van der Waals surface area contributed by atoms with Gasteiger partial charge in [0.05, 0.1) is 16.9 Å². The van der Waals surface area contributed by atoms with Gasteiger partial charge in [-0.3, -0.25) is 9.11 Å². The summed E-state index contributed by atoms with van der Waals surface area (Å²) >= 11 is 19.4. The van der Waals surface area contributed by atoms with Crippen LogP contribution in [-0.2, 0) is 31.1 Å². The van der Waals surface area contributed by atoms with Gasteiger partial charge in [0.25, 0.3) is 20.2 Å². The van der Waals surface area contributed by atoms with Gasteiger partial charge < -0.3 is 4.90 Å². The molecule has 2 aliphatic heterocycles. The van der Waals surface area contributed by atoms with Crippen molar-refractivity contribution in [1.29, 1.82) is 0 Å². The van der Waals surface area contributed by atoms with E-state index >= 15 is 0 Å². The Labute approximate surface area is 274 Å². The van der Waals surface area contributed by atoms with Crippen LogP contribution in [0, 0.1) is 0 Å². The average Bonchev–Trinajstić information content (AvgIpc) is 3.22. The van der Waals surface area contributed by atoms with Gasteiger partial charge in [0.15, 0.2) is 5.71 Å². The van der Waals surface area contributed by atoms with Crippen molar-refractivity contribution >= 4 is 72.1 Å². The van der Waals surface area contributed by atoms with Gasteiger partial charge in [-0.1, -0.05) is 48.7 Å². The van der Waals surface area contributed by atoms with Crippen LogP contribution in [0.15, 0.2) is 71.4 Å². The molecule has 13 heteroatoms. The molecule has 0 atom stereocenters. The molecule has 2 aromatic carbocycles. The predicted molar refractivity (Wildman–Crippen MR) is 179 cm³/mol. The fraction of sp³-hybridized carbons (Fsp3) is 0.387. The summed E-state index contributed by atoms with van der Waals surface area (Å²) in [6.45, 7) is 8.93. The molecule has 0 bridgehead atoms. The van der Waals surface area contributed by atoms with E-state index in [1.54, 1.807) is 24.3 Å². The molecule has 8 nitrogen and oxygen atoms in total. The molecule has 2 aliphatic rings. The molecular formula is C31H36Cl3N2O6S2+. The van der Waals surface area contributed by atoms with Crippen molar-refractivity contribution in [2.75, 3.05) is 29.5 Å². The van der Waals surface area contributed by atoms with Gasteiger partial charge in [-0.25, -0.2) is 0 Å². The molecule has 0 saturated heterocycles. The van der Waals surface area contributed by atoms with E-state index in [-0.39, 0.29) is 24.3 Å². The molecule has 0 unspecified atom stereocenters. The van der Waals surface area contributed by atoms with Crippen LogP contribution >= 0.6 is 34.8 Å². The number of hydrogen-bond donors (Lipinski definition) is 2. The third-order valence-corrected chi connectivity index (χ3v) is 10.4. The van der Waals surface area contributed by atoms with E-state index in [1.807, 2.05) is 45.9 Å². The second-order valence-corrected chi connectivity index (χ2v) is 16.4. The van der Waals surface area contributed by atoms with Crippen LogP contribution < -0.4 is 4.90 Å². The van der Waals surface area contributed by atoms with Gasteiger partial charge in [0, 0.05) is 62.5 Å². The topological polar surface area (TPSA) is 115 Å². The van der Waals surface area contributed by atoms with Crippen molar-refractivity contribution in [3.8, 4) is 0 Å². The minimum atomic E-state index is -4.10. The predicted octanol–water partition coefficient (Wildman–Crippen LogP) is 7.29. The summed E-state index contributed by atoms with van der Waals surface area (Å²) in [5.41, 5.74) is 4.62. The van der Waals surface area contributed by atoms with Crippen LogP contribution in [0.1, 0.15) is 51.7 Å². The van der Waals surface area contributed by atoms with E-state index in [1.165, 1.54) is 0 Å². The Kier molecular flexibility index (Phi) is 10.2. The Morgan fingerprint density at radius 3 is 2.11 bits per heavy atom. The van der Waals surface area contributed by atoms with Crippen molar-refractivity contribution in [2.24, 2.45) is 0 Å². The lowest BCUT2D eigenvalue weighted by atomic mass is 9.81. The Bertz CT molecular complexity index is 1810. The van der Waals surface area contributed by atoms with Crippen LogP contribution in [-0.4, -0.2) is 60.8 Å². The van der Waals surface area contributed by atoms with Crippen LogP contribution in [0.2, 0.25) is 10.0 Å². The summed E-state index contributed by atoms with van der Waals surface area (Å²) < 4.78 is 66.1. The van der Waals surface area contributed by atoms with E-state index in [0.717, 1.165) is 33.9 Å². The zero-order valence-electron chi connectivity index (χ0n) is 24.9. The number of hydrogen-bond acceptors (Lipinski definition) is 5. The van der Waals surface area contributed by atoms with E-state index in [0.29, 0.717) is 28.2 Å². The fourth-order valence-corrected chi connectivity index (χ4v) is 7.42. The smallest absolute Gasteiger partial charge is 0.265 e. The zero-order chi connectivity index (χ0) is 32.7. The molecule has 4 rings (SSSR count). The quantitative estimate of drug-likeness (QED) is 0.144. The molecule has 2 N–H and O–H groups in total. The second-order valence-electron chi connectivity index (χ2n) is 12.0. The Morgan fingerprint density at radius 2 is 1.48 bits per heavy atom. The summed E-state index contributed by atoms with van der Waals surface area (Å²) in [6.07, 6.45) is 7.78. The summed E-state index contributed by atoms with van der Waals surface area (Å²) in [6, 6.07) is 11.2. The maximum atomic E-state index is 11.4. The van der Waals surface area contributed by atoms with Gasteiger partial charge in [0.2, 0.25) is 5.69 Å². The highest BCUT2D eigenvalue weighted by molar-refractivity contribution is 7.86. The molecule has 238 valence electrons. The summed E-state index contributed by atoms with van der Waals surface area (Å²) in [5.74, 6) is -0.718. The van der Waals surface area contributed by atoms with Gasteiger partial charge in [-0.2, -0.15) is 21.4 Å². The molecule has 0 spiro atoms. The van der Waals surface area contributed by atoms with E-state index in [9.17, 15) is 25.9 Å². The summed E-state index contributed by atoms with van der Waals surface area (Å²) in [4.78, 5) is 2.02. The number of anilines is 1. The first kappa shape index (κ1) is 34.7. The summed E-state index contributed by atoms with van der Waals surface area (Å²) in [7, 11) is -8.20. The number of halogens is 3. The van der Waals surface area contributed by atoms with E-state index < -0.39 is 31.1 Å². The molecule has 2 aromatic rings. The van der Waals surface area contributed by atoms with Crippen LogP contribution in [0.4, 0.5) is 11.4 Å². The molecule has 0 aromatic heterocycles. The first-order valence-corrected chi connectivity index (χ1v) is 18.4. The highest BCUT2D eigenvalue weighted by atomic mass is 35.5. The Morgan fingerprint density at radius 1 is 0.886 bits per heavy atom. The number of rotatable bonds is 11. The Hall–Kier alpha value is -2.18. The molecule has 44 heavy (non-hydrogen) atoms. The molecular weight excluding hydrogens is 667 g/mol. The maximum Gasteiger partial charge on any atom is 0.265 e. The van der Waals surface area contributed by atoms with Crippen molar-refractivity contribution in [3.05, 3.63) is 92.6 Å². The lowest BCUT2D eigenvalue weighted by molar-refractivity contribution is -0.437. The van der Waals surface area contributed by atoms with Crippen molar-refractivity contribution in [1.82, 2.24) is 0 Å². The summed E-state index contributed by atoms with van der Waals surface area (Å²) in [5, 5.41) is 1.61.